The van der Waals surface area contributed by atoms with Crippen molar-refractivity contribution in [3.63, 3.8) is 0 Å². The van der Waals surface area contributed by atoms with Crippen LogP contribution in [0.2, 0.25) is 0 Å². The molecule has 1 fully saturated rings. The van der Waals surface area contributed by atoms with Gasteiger partial charge in [-0.15, -0.1) is 0 Å². The molecule has 0 aliphatic carbocycles. The van der Waals surface area contributed by atoms with Gasteiger partial charge in [0.2, 0.25) is 11.8 Å². The van der Waals surface area contributed by atoms with E-state index in [0.717, 1.165) is 37.2 Å². The van der Waals surface area contributed by atoms with Crippen molar-refractivity contribution >= 4 is 23.6 Å². The molecule has 0 atom stereocenters. The van der Waals surface area contributed by atoms with Crippen LogP contribution in [0.5, 0.6) is 0 Å². The fraction of sp³-hybridized carbons (Fsp3) is 0.500. The van der Waals surface area contributed by atoms with E-state index < -0.39 is 0 Å². The number of rotatable bonds is 9. The van der Waals surface area contributed by atoms with Crippen LogP contribution in [-0.4, -0.2) is 38.1 Å². The Kier molecular flexibility index (Phi) is 7.67. The Bertz CT molecular complexity index is 593. The molecular formula is C20H28N2O3. The van der Waals surface area contributed by atoms with E-state index in [0.29, 0.717) is 25.5 Å². The van der Waals surface area contributed by atoms with Gasteiger partial charge in [0.15, 0.2) is 0 Å². The molecular weight excluding hydrogens is 316 g/mol. The topological polar surface area (TPSA) is 58.6 Å². The minimum atomic E-state index is -0.109. The van der Waals surface area contributed by atoms with Crippen LogP contribution >= 0.6 is 0 Å². The SMILES string of the molecule is CC(C)COCCCNC(=O)/C=C/c1ccc(N2CCCC2=O)cc1. The van der Waals surface area contributed by atoms with E-state index >= 15 is 0 Å². The van der Waals surface area contributed by atoms with Gasteiger partial charge in [-0.25, -0.2) is 0 Å². The minimum Gasteiger partial charge on any atom is -0.381 e. The van der Waals surface area contributed by atoms with Crippen LogP contribution in [0, 0.1) is 5.92 Å². The first-order valence-electron chi connectivity index (χ1n) is 9.00. The Morgan fingerprint density at radius 2 is 2.08 bits per heavy atom. The number of carbonyl (C=O) groups excluding carboxylic acids is 2. The van der Waals surface area contributed by atoms with Crippen molar-refractivity contribution in [3.8, 4) is 0 Å². The quantitative estimate of drug-likeness (QED) is 0.553. The van der Waals surface area contributed by atoms with Crippen molar-refractivity contribution in [2.75, 3.05) is 31.2 Å². The van der Waals surface area contributed by atoms with E-state index in [-0.39, 0.29) is 11.8 Å². The van der Waals surface area contributed by atoms with Gasteiger partial charge < -0.3 is 15.0 Å². The molecule has 1 aliphatic heterocycles. The van der Waals surface area contributed by atoms with Crippen LogP contribution in [0.1, 0.15) is 38.7 Å². The molecule has 2 rings (SSSR count). The highest BCUT2D eigenvalue weighted by atomic mass is 16.5. The van der Waals surface area contributed by atoms with Gasteiger partial charge in [-0.2, -0.15) is 0 Å². The number of nitrogens with zero attached hydrogens (tertiary/aromatic N) is 1. The summed E-state index contributed by atoms with van der Waals surface area (Å²) in [6, 6.07) is 7.69. The summed E-state index contributed by atoms with van der Waals surface area (Å²) in [4.78, 5) is 25.3. The number of ether oxygens (including phenoxy) is 1. The lowest BCUT2D eigenvalue weighted by atomic mass is 10.2. The van der Waals surface area contributed by atoms with Crippen molar-refractivity contribution in [1.29, 1.82) is 0 Å². The summed E-state index contributed by atoms with van der Waals surface area (Å²) in [7, 11) is 0. The maximum Gasteiger partial charge on any atom is 0.244 e. The summed E-state index contributed by atoms with van der Waals surface area (Å²) in [5.74, 6) is 0.607. The molecule has 0 radical (unpaired) electrons. The summed E-state index contributed by atoms with van der Waals surface area (Å²) in [5, 5.41) is 2.84. The first kappa shape index (κ1) is 19.2. The normalized spacial score (nSPS) is 14.7. The van der Waals surface area contributed by atoms with E-state index in [1.807, 2.05) is 29.2 Å². The molecule has 2 amide bonds. The third kappa shape index (κ3) is 6.70. The van der Waals surface area contributed by atoms with Gasteiger partial charge in [0.1, 0.15) is 0 Å². The number of nitrogens with one attached hydrogen (secondary N) is 1. The lowest BCUT2D eigenvalue weighted by molar-refractivity contribution is -0.117. The third-order valence-electron chi connectivity index (χ3n) is 3.92. The number of amides is 2. The largest absolute Gasteiger partial charge is 0.381 e. The molecule has 1 saturated heterocycles. The van der Waals surface area contributed by atoms with Gasteiger partial charge in [0, 0.05) is 44.5 Å². The number of anilines is 1. The van der Waals surface area contributed by atoms with Gasteiger partial charge in [-0.3, -0.25) is 9.59 Å². The second-order valence-electron chi connectivity index (χ2n) is 6.69. The molecule has 0 bridgehead atoms. The fourth-order valence-corrected chi connectivity index (χ4v) is 2.62. The van der Waals surface area contributed by atoms with E-state index in [9.17, 15) is 9.59 Å². The Balaban J connectivity index is 1.70. The zero-order chi connectivity index (χ0) is 18.1. The predicted octanol–water partition coefficient (Wildman–Crippen LogP) is 3.01. The fourth-order valence-electron chi connectivity index (χ4n) is 2.62. The molecule has 136 valence electrons. The van der Waals surface area contributed by atoms with Gasteiger partial charge in [0.25, 0.3) is 0 Å². The smallest absolute Gasteiger partial charge is 0.244 e. The average molecular weight is 344 g/mol. The van der Waals surface area contributed by atoms with Gasteiger partial charge in [-0.1, -0.05) is 26.0 Å². The Hall–Kier alpha value is -2.14. The Labute approximate surface area is 150 Å². The van der Waals surface area contributed by atoms with Crippen molar-refractivity contribution in [2.45, 2.75) is 33.1 Å². The standard InChI is InChI=1S/C20H28N2O3/c1-16(2)15-25-14-4-12-21-19(23)11-8-17-6-9-18(10-7-17)22-13-3-5-20(22)24/h6-11,16H,3-5,12-15H2,1-2H3,(H,21,23)/b11-8+. The molecule has 25 heavy (non-hydrogen) atoms. The summed E-state index contributed by atoms with van der Waals surface area (Å²) in [6.45, 7) is 7.05. The molecule has 0 aromatic heterocycles. The van der Waals surface area contributed by atoms with E-state index in [1.165, 1.54) is 6.08 Å². The molecule has 1 aliphatic rings. The van der Waals surface area contributed by atoms with Gasteiger partial charge in [0.05, 0.1) is 0 Å². The van der Waals surface area contributed by atoms with E-state index in [2.05, 4.69) is 19.2 Å². The molecule has 1 N–H and O–H groups in total. The van der Waals surface area contributed by atoms with Crippen LogP contribution in [0.3, 0.4) is 0 Å². The number of benzene rings is 1. The summed E-state index contributed by atoms with van der Waals surface area (Å²) >= 11 is 0. The Morgan fingerprint density at radius 1 is 1.32 bits per heavy atom. The third-order valence-corrected chi connectivity index (χ3v) is 3.92. The highest BCUT2D eigenvalue weighted by molar-refractivity contribution is 5.95. The molecule has 1 aromatic carbocycles. The minimum absolute atomic E-state index is 0.109. The molecule has 5 heteroatoms. The highest BCUT2D eigenvalue weighted by Gasteiger charge is 2.21. The molecule has 0 spiro atoms. The molecule has 1 heterocycles. The van der Waals surface area contributed by atoms with Gasteiger partial charge in [-0.05, 0) is 42.5 Å². The summed E-state index contributed by atoms with van der Waals surface area (Å²) in [5.41, 5.74) is 1.86. The van der Waals surface area contributed by atoms with Crippen LogP contribution in [0.15, 0.2) is 30.3 Å². The van der Waals surface area contributed by atoms with Crippen LogP contribution in [-0.2, 0) is 14.3 Å². The van der Waals surface area contributed by atoms with Crippen LogP contribution < -0.4 is 10.2 Å². The highest BCUT2D eigenvalue weighted by Crippen LogP contribution is 2.21. The zero-order valence-electron chi connectivity index (χ0n) is 15.2. The lowest BCUT2D eigenvalue weighted by Gasteiger charge is -2.15. The van der Waals surface area contributed by atoms with E-state index in [4.69, 9.17) is 4.74 Å². The number of carbonyl (C=O) groups is 2. The van der Waals surface area contributed by atoms with Crippen molar-refractivity contribution < 1.29 is 14.3 Å². The van der Waals surface area contributed by atoms with Crippen molar-refractivity contribution in [3.05, 3.63) is 35.9 Å². The van der Waals surface area contributed by atoms with Crippen molar-refractivity contribution in [1.82, 2.24) is 5.32 Å². The second-order valence-corrected chi connectivity index (χ2v) is 6.69. The lowest BCUT2D eigenvalue weighted by Crippen LogP contribution is -2.23. The average Bonchev–Trinajstić information content (AvgIpc) is 3.02. The maximum absolute atomic E-state index is 11.8. The Morgan fingerprint density at radius 3 is 2.72 bits per heavy atom. The van der Waals surface area contributed by atoms with Crippen molar-refractivity contribution in [2.24, 2.45) is 5.92 Å². The number of hydrogen-bond acceptors (Lipinski definition) is 3. The zero-order valence-corrected chi connectivity index (χ0v) is 15.2. The second kappa shape index (κ2) is 9.99. The van der Waals surface area contributed by atoms with Crippen LogP contribution in [0.4, 0.5) is 5.69 Å². The predicted molar refractivity (Wildman–Crippen MR) is 100 cm³/mol. The summed E-state index contributed by atoms with van der Waals surface area (Å²) in [6.07, 6.45) is 5.67. The molecule has 5 nitrogen and oxygen atoms in total. The van der Waals surface area contributed by atoms with E-state index in [1.54, 1.807) is 6.08 Å². The first-order valence-corrected chi connectivity index (χ1v) is 9.00. The van der Waals surface area contributed by atoms with Gasteiger partial charge >= 0.3 is 0 Å². The maximum atomic E-state index is 11.8. The molecule has 1 aromatic rings. The summed E-state index contributed by atoms with van der Waals surface area (Å²) < 4.78 is 5.47. The molecule has 0 saturated carbocycles. The first-order chi connectivity index (χ1) is 12.1. The number of hydrogen-bond donors (Lipinski definition) is 1. The van der Waals surface area contributed by atoms with Crippen LogP contribution in [0.25, 0.3) is 6.08 Å². The molecule has 0 unspecified atom stereocenters. The monoisotopic (exact) mass is 344 g/mol.